The largest absolute Gasteiger partial charge is 0.478 e. The van der Waals surface area contributed by atoms with Crippen molar-refractivity contribution in [2.24, 2.45) is 0 Å². The number of carboxylic acid groups (broad SMARTS) is 1. The molecule has 1 aromatic rings. The maximum Gasteiger partial charge on any atom is 0.337 e. The SMILES string of the molecule is CCC[C@H](C)Nc1ccc(S(=O)(=O)NCCCOC)cc1C(=O)O. The zero-order valence-corrected chi connectivity index (χ0v) is 15.1. The topological polar surface area (TPSA) is 105 Å². The highest BCUT2D eigenvalue weighted by atomic mass is 32.2. The number of sulfonamides is 1. The molecule has 0 aromatic heterocycles. The van der Waals surface area contributed by atoms with Crippen molar-refractivity contribution in [1.82, 2.24) is 4.72 Å². The molecule has 0 saturated heterocycles. The Morgan fingerprint density at radius 2 is 2.08 bits per heavy atom. The van der Waals surface area contributed by atoms with Crippen LogP contribution in [0.1, 0.15) is 43.5 Å². The van der Waals surface area contributed by atoms with Gasteiger partial charge in [-0.2, -0.15) is 0 Å². The molecule has 3 N–H and O–H groups in total. The first kappa shape index (κ1) is 20.4. The van der Waals surface area contributed by atoms with E-state index in [1.165, 1.54) is 18.2 Å². The second-order valence-corrected chi connectivity index (χ2v) is 7.36. The Kier molecular flexibility index (Phi) is 8.17. The minimum atomic E-state index is -3.75. The summed E-state index contributed by atoms with van der Waals surface area (Å²) < 4.78 is 31.8. The van der Waals surface area contributed by atoms with Gasteiger partial charge in [0.2, 0.25) is 10.0 Å². The van der Waals surface area contributed by atoms with Gasteiger partial charge >= 0.3 is 5.97 Å². The van der Waals surface area contributed by atoms with Gasteiger partial charge in [-0.3, -0.25) is 0 Å². The zero-order chi connectivity index (χ0) is 18.2. The second kappa shape index (κ2) is 9.61. The number of anilines is 1. The average Bonchev–Trinajstić information content (AvgIpc) is 2.51. The number of nitrogens with one attached hydrogen (secondary N) is 2. The van der Waals surface area contributed by atoms with Crippen LogP contribution in [0.2, 0.25) is 0 Å². The highest BCUT2D eigenvalue weighted by Gasteiger charge is 2.19. The second-order valence-electron chi connectivity index (χ2n) is 5.59. The lowest BCUT2D eigenvalue weighted by atomic mass is 10.1. The molecule has 1 aromatic carbocycles. The van der Waals surface area contributed by atoms with Crippen molar-refractivity contribution in [2.75, 3.05) is 25.6 Å². The van der Waals surface area contributed by atoms with E-state index in [-0.39, 0.29) is 23.0 Å². The molecular formula is C16H26N2O5S. The zero-order valence-electron chi connectivity index (χ0n) is 14.3. The van der Waals surface area contributed by atoms with Crippen LogP contribution in [-0.2, 0) is 14.8 Å². The van der Waals surface area contributed by atoms with Crippen LogP contribution in [0.15, 0.2) is 23.1 Å². The van der Waals surface area contributed by atoms with Gasteiger partial charge in [-0.05, 0) is 38.0 Å². The first-order chi connectivity index (χ1) is 11.3. The lowest BCUT2D eigenvalue weighted by Gasteiger charge is -2.17. The van der Waals surface area contributed by atoms with E-state index < -0.39 is 16.0 Å². The molecule has 1 atom stereocenters. The molecular weight excluding hydrogens is 332 g/mol. The Balaban J connectivity index is 2.98. The van der Waals surface area contributed by atoms with E-state index in [4.69, 9.17) is 4.74 Å². The molecule has 0 fully saturated rings. The molecule has 0 bridgehead atoms. The van der Waals surface area contributed by atoms with Crippen LogP contribution < -0.4 is 10.0 Å². The Hall–Kier alpha value is -1.64. The van der Waals surface area contributed by atoms with Crippen molar-refractivity contribution >= 4 is 21.7 Å². The summed E-state index contributed by atoms with van der Waals surface area (Å²) in [5.74, 6) is -1.17. The predicted octanol–water partition coefficient (Wildman–Crippen LogP) is 2.30. The van der Waals surface area contributed by atoms with Crippen molar-refractivity contribution in [3.05, 3.63) is 23.8 Å². The smallest absolute Gasteiger partial charge is 0.337 e. The van der Waals surface area contributed by atoms with Crippen molar-refractivity contribution in [2.45, 2.75) is 44.0 Å². The number of ether oxygens (including phenoxy) is 1. The maximum atomic E-state index is 12.2. The molecule has 0 radical (unpaired) electrons. The first-order valence-electron chi connectivity index (χ1n) is 7.94. The molecule has 0 amide bonds. The van der Waals surface area contributed by atoms with Gasteiger partial charge in [-0.1, -0.05) is 13.3 Å². The average molecular weight is 358 g/mol. The minimum Gasteiger partial charge on any atom is -0.478 e. The quantitative estimate of drug-likeness (QED) is 0.524. The third kappa shape index (κ3) is 6.10. The van der Waals surface area contributed by atoms with E-state index in [1.54, 1.807) is 7.11 Å². The molecule has 8 heteroatoms. The van der Waals surface area contributed by atoms with Crippen LogP contribution in [0.4, 0.5) is 5.69 Å². The summed E-state index contributed by atoms with van der Waals surface area (Å²) in [6.45, 7) is 4.67. The highest BCUT2D eigenvalue weighted by molar-refractivity contribution is 7.89. The molecule has 0 aliphatic heterocycles. The third-order valence-electron chi connectivity index (χ3n) is 3.47. The number of hydrogen-bond acceptors (Lipinski definition) is 5. The van der Waals surface area contributed by atoms with Gasteiger partial charge < -0.3 is 15.2 Å². The standard InChI is InChI=1S/C16H26N2O5S/c1-4-6-12(2)18-15-8-7-13(11-14(15)16(19)20)24(21,22)17-9-5-10-23-3/h7-8,11-12,17-18H,4-6,9-10H2,1-3H3,(H,19,20)/t12-/m0/s1. The molecule has 0 aliphatic rings. The van der Waals surface area contributed by atoms with Gasteiger partial charge in [-0.25, -0.2) is 17.9 Å². The fraction of sp³-hybridized carbons (Fsp3) is 0.562. The maximum absolute atomic E-state index is 12.2. The Labute approximate surface area is 143 Å². The van der Waals surface area contributed by atoms with Crippen LogP contribution in [0.5, 0.6) is 0 Å². The Bertz CT molecular complexity index is 646. The van der Waals surface area contributed by atoms with Crippen LogP contribution in [0, 0.1) is 0 Å². The summed E-state index contributed by atoms with van der Waals surface area (Å²) in [5, 5.41) is 12.5. The number of carbonyl (C=O) groups is 1. The highest BCUT2D eigenvalue weighted by Crippen LogP contribution is 2.22. The monoisotopic (exact) mass is 358 g/mol. The van der Waals surface area contributed by atoms with Gasteiger partial charge in [0.05, 0.1) is 10.5 Å². The van der Waals surface area contributed by atoms with Crippen molar-refractivity contribution in [3.63, 3.8) is 0 Å². The van der Waals surface area contributed by atoms with Crippen LogP contribution in [-0.4, -0.2) is 45.8 Å². The van der Waals surface area contributed by atoms with Crippen LogP contribution in [0.25, 0.3) is 0 Å². The van der Waals surface area contributed by atoms with E-state index in [9.17, 15) is 18.3 Å². The summed E-state index contributed by atoms with van der Waals surface area (Å²) >= 11 is 0. The number of carboxylic acids is 1. The lowest BCUT2D eigenvalue weighted by molar-refractivity contribution is 0.0697. The van der Waals surface area contributed by atoms with Gasteiger partial charge in [-0.15, -0.1) is 0 Å². The van der Waals surface area contributed by atoms with Crippen LogP contribution in [0.3, 0.4) is 0 Å². The van der Waals surface area contributed by atoms with E-state index in [0.717, 1.165) is 12.8 Å². The van der Waals surface area contributed by atoms with Crippen LogP contribution >= 0.6 is 0 Å². The van der Waals surface area contributed by atoms with Gasteiger partial charge in [0.1, 0.15) is 0 Å². The first-order valence-corrected chi connectivity index (χ1v) is 9.42. The van der Waals surface area contributed by atoms with Gasteiger partial charge in [0.15, 0.2) is 0 Å². The van der Waals surface area contributed by atoms with E-state index >= 15 is 0 Å². The number of methoxy groups -OCH3 is 1. The third-order valence-corrected chi connectivity index (χ3v) is 4.93. The summed E-state index contributed by atoms with van der Waals surface area (Å²) in [5.41, 5.74) is 0.361. The molecule has 0 unspecified atom stereocenters. The molecule has 24 heavy (non-hydrogen) atoms. The number of benzene rings is 1. The molecule has 1 rings (SSSR count). The van der Waals surface area contributed by atoms with Crippen molar-refractivity contribution in [1.29, 1.82) is 0 Å². The van der Waals surface area contributed by atoms with E-state index in [2.05, 4.69) is 10.0 Å². The normalized spacial score (nSPS) is 12.8. The molecule has 0 aliphatic carbocycles. The van der Waals surface area contributed by atoms with Gasteiger partial charge in [0, 0.05) is 32.0 Å². The van der Waals surface area contributed by atoms with Gasteiger partial charge in [0.25, 0.3) is 0 Å². The Morgan fingerprint density at radius 3 is 2.67 bits per heavy atom. The predicted molar refractivity (Wildman–Crippen MR) is 93.1 cm³/mol. The molecule has 0 saturated carbocycles. The summed E-state index contributed by atoms with van der Waals surface area (Å²) in [4.78, 5) is 11.4. The molecule has 0 spiro atoms. The molecule has 136 valence electrons. The molecule has 0 heterocycles. The number of hydrogen-bond donors (Lipinski definition) is 3. The van der Waals surface area contributed by atoms with E-state index in [0.29, 0.717) is 18.7 Å². The van der Waals surface area contributed by atoms with Crippen molar-refractivity contribution < 1.29 is 23.1 Å². The summed E-state index contributed by atoms with van der Waals surface area (Å²) in [6, 6.07) is 4.19. The fourth-order valence-corrected chi connectivity index (χ4v) is 3.37. The fourth-order valence-electron chi connectivity index (χ4n) is 2.27. The van der Waals surface area contributed by atoms with E-state index in [1.807, 2.05) is 13.8 Å². The summed E-state index contributed by atoms with van der Waals surface area (Å²) in [6.07, 6.45) is 2.39. The van der Waals surface area contributed by atoms with Crippen molar-refractivity contribution in [3.8, 4) is 0 Å². The lowest BCUT2D eigenvalue weighted by Crippen LogP contribution is -2.26. The Morgan fingerprint density at radius 1 is 1.38 bits per heavy atom. The number of aromatic carboxylic acids is 1. The number of rotatable bonds is 11. The summed E-state index contributed by atoms with van der Waals surface area (Å²) in [7, 11) is -2.21. The minimum absolute atomic E-state index is 0.0577. The molecule has 7 nitrogen and oxygen atoms in total.